The summed E-state index contributed by atoms with van der Waals surface area (Å²) in [6.45, 7) is 4.48. The molecular formula is C48H64O5. The van der Waals surface area contributed by atoms with Gasteiger partial charge < -0.3 is 19.7 Å². The molecule has 0 unspecified atom stereocenters. The lowest BCUT2D eigenvalue weighted by molar-refractivity contribution is 0.0223. The molecule has 3 aromatic carbocycles. The third-order valence-electron chi connectivity index (χ3n) is 11.0. The Morgan fingerprint density at radius 2 is 1.00 bits per heavy atom. The molecule has 5 nitrogen and oxygen atoms in total. The van der Waals surface area contributed by atoms with E-state index in [0.717, 1.165) is 43.2 Å². The van der Waals surface area contributed by atoms with Gasteiger partial charge in [-0.1, -0.05) is 127 Å². The normalized spacial score (nSPS) is 14.1. The van der Waals surface area contributed by atoms with Crippen molar-refractivity contribution in [3.8, 4) is 23.0 Å². The minimum absolute atomic E-state index is 0.0609. The monoisotopic (exact) mass is 720 g/mol. The van der Waals surface area contributed by atoms with Crippen molar-refractivity contribution < 1.29 is 24.5 Å². The van der Waals surface area contributed by atoms with Gasteiger partial charge >= 0.3 is 5.97 Å². The molecule has 0 aromatic heterocycles. The number of aromatic hydroxyl groups is 2. The Morgan fingerprint density at radius 1 is 0.547 bits per heavy atom. The molecular weight excluding hydrogens is 657 g/mol. The number of hydrogen-bond donors (Lipinski definition) is 2. The number of esters is 1. The number of phenols is 2. The smallest absolute Gasteiger partial charge is 0.340 e. The van der Waals surface area contributed by atoms with E-state index in [1.165, 1.54) is 115 Å². The van der Waals surface area contributed by atoms with Gasteiger partial charge in [0, 0.05) is 28.8 Å². The second-order valence-electron chi connectivity index (χ2n) is 15.2. The van der Waals surface area contributed by atoms with Gasteiger partial charge in [0.1, 0.15) is 23.0 Å². The van der Waals surface area contributed by atoms with Crippen LogP contribution in [-0.4, -0.2) is 16.2 Å². The fourth-order valence-electron chi connectivity index (χ4n) is 8.09. The van der Waals surface area contributed by atoms with Crippen LogP contribution in [0.15, 0.2) is 72.8 Å². The zero-order valence-electron chi connectivity index (χ0n) is 32.6. The number of aryl methyl sites for hydroxylation is 1. The molecule has 3 aromatic rings. The number of phenolic OH excluding ortho intramolecular Hbond substituents is 2. The summed E-state index contributed by atoms with van der Waals surface area (Å²) in [7, 11) is 0. The number of allylic oxidation sites excluding steroid dienone is 4. The predicted octanol–water partition coefficient (Wildman–Crippen LogP) is 13.7. The summed E-state index contributed by atoms with van der Waals surface area (Å²) in [6, 6.07) is 14.2. The van der Waals surface area contributed by atoms with Crippen molar-refractivity contribution in [2.24, 2.45) is 0 Å². The van der Waals surface area contributed by atoms with Crippen molar-refractivity contribution in [2.45, 2.75) is 161 Å². The molecule has 0 saturated heterocycles. The van der Waals surface area contributed by atoms with Crippen LogP contribution < -0.4 is 4.74 Å². The van der Waals surface area contributed by atoms with E-state index < -0.39 is 5.60 Å². The van der Waals surface area contributed by atoms with E-state index in [9.17, 15) is 15.0 Å². The van der Waals surface area contributed by atoms with Crippen molar-refractivity contribution >= 4 is 5.97 Å². The molecule has 0 radical (unpaired) electrons. The maximum absolute atomic E-state index is 14.2. The van der Waals surface area contributed by atoms with Crippen molar-refractivity contribution in [1.82, 2.24) is 0 Å². The molecule has 0 saturated carbocycles. The molecule has 286 valence electrons. The molecule has 0 atom stereocenters. The third kappa shape index (κ3) is 10.6. The largest absolute Gasteiger partial charge is 0.508 e. The quantitative estimate of drug-likeness (QED) is 0.0547. The van der Waals surface area contributed by atoms with Gasteiger partial charge in [-0.05, 0) is 99.6 Å². The van der Waals surface area contributed by atoms with Crippen LogP contribution in [0.3, 0.4) is 0 Å². The second kappa shape index (κ2) is 21.0. The van der Waals surface area contributed by atoms with E-state index in [-0.39, 0.29) is 17.5 Å². The fraction of sp³-hybridized carbons (Fsp3) is 0.521. The number of carbonyl (C=O) groups is 1. The first-order valence-electron chi connectivity index (χ1n) is 21.0. The van der Waals surface area contributed by atoms with E-state index in [0.29, 0.717) is 28.2 Å². The van der Waals surface area contributed by atoms with Gasteiger partial charge in [-0.3, -0.25) is 0 Å². The van der Waals surface area contributed by atoms with E-state index in [2.05, 4.69) is 50.3 Å². The molecule has 5 heteroatoms. The Morgan fingerprint density at radius 3 is 1.53 bits per heavy atom. The lowest BCUT2D eigenvalue weighted by atomic mass is 9.76. The van der Waals surface area contributed by atoms with Gasteiger partial charge in [-0.15, -0.1) is 0 Å². The number of fused-ring (bicyclic) bond motifs is 6. The number of ether oxygens (including phenoxy) is 2. The van der Waals surface area contributed by atoms with Gasteiger partial charge in [-0.25, -0.2) is 4.79 Å². The minimum Gasteiger partial charge on any atom is -0.508 e. The predicted molar refractivity (Wildman–Crippen MR) is 217 cm³/mol. The maximum Gasteiger partial charge on any atom is 0.340 e. The Balaban J connectivity index is 1.28. The minimum atomic E-state index is -1.22. The molecule has 2 heterocycles. The van der Waals surface area contributed by atoms with Crippen LogP contribution in [0.25, 0.3) is 0 Å². The highest BCUT2D eigenvalue weighted by Gasteiger charge is 2.54. The Bertz CT molecular complexity index is 1620. The van der Waals surface area contributed by atoms with Gasteiger partial charge in [-0.2, -0.15) is 0 Å². The highest BCUT2D eigenvalue weighted by atomic mass is 16.6. The van der Waals surface area contributed by atoms with Crippen LogP contribution in [0.5, 0.6) is 23.0 Å². The second-order valence-corrected chi connectivity index (χ2v) is 15.2. The molecule has 0 fully saturated rings. The molecule has 2 aliphatic heterocycles. The molecule has 0 aliphatic carbocycles. The average molecular weight is 721 g/mol. The first-order valence-corrected chi connectivity index (χ1v) is 21.0. The number of unbranched alkanes of at least 4 members (excludes halogenated alkanes) is 16. The first kappa shape index (κ1) is 40.2. The van der Waals surface area contributed by atoms with Crippen molar-refractivity contribution in [3.63, 3.8) is 0 Å². The Kier molecular flexibility index (Phi) is 16.0. The van der Waals surface area contributed by atoms with Crippen LogP contribution in [0.4, 0.5) is 0 Å². The summed E-state index contributed by atoms with van der Waals surface area (Å²) in [4.78, 5) is 14.2. The molecule has 1 spiro atoms. The van der Waals surface area contributed by atoms with E-state index in [4.69, 9.17) is 9.47 Å². The summed E-state index contributed by atoms with van der Waals surface area (Å²) in [5.41, 5.74) is 4.02. The number of rotatable bonds is 24. The van der Waals surface area contributed by atoms with Crippen molar-refractivity contribution in [1.29, 1.82) is 0 Å². The maximum atomic E-state index is 14.2. The molecule has 0 amide bonds. The zero-order valence-corrected chi connectivity index (χ0v) is 32.6. The lowest BCUT2D eigenvalue weighted by Gasteiger charge is -2.36. The van der Waals surface area contributed by atoms with Crippen LogP contribution in [0.1, 0.15) is 180 Å². The summed E-state index contributed by atoms with van der Waals surface area (Å²) < 4.78 is 12.7. The van der Waals surface area contributed by atoms with E-state index in [1.807, 2.05) is 0 Å². The summed E-state index contributed by atoms with van der Waals surface area (Å²) in [6.07, 6.45) is 35.6. The average Bonchev–Trinajstić information content (AvgIpc) is 3.44. The zero-order chi connectivity index (χ0) is 37.3. The fourth-order valence-corrected chi connectivity index (χ4v) is 8.09. The van der Waals surface area contributed by atoms with Crippen LogP contribution in [0.2, 0.25) is 0 Å². The van der Waals surface area contributed by atoms with E-state index in [1.54, 1.807) is 36.4 Å². The van der Waals surface area contributed by atoms with E-state index >= 15 is 0 Å². The third-order valence-corrected chi connectivity index (χ3v) is 11.0. The molecule has 2 N–H and O–H groups in total. The molecule has 53 heavy (non-hydrogen) atoms. The van der Waals surface area contributed by atoms with Gasteiger partial charge in [0.2, 0.25) is 0 Å². The highest BCUT2D eigenvalue weighted by molar-refractivity contribution is 5.99. The SMILES string of the molecule is CCCCC=CCCCCCCCCc1ccc2c(c1CCCCCCCCC=CCCCC)C(=O)OC21c2ccc(O)cc2Oc2cc(O)ccc21. The Labute approximate surface area is 319 Å². The molecule has 5 rings (SSSR count). The van der Waals surface area contributed by atoms with Crippen LogP contribution in [-0.2, 0) is 23.2 Å². The summed E-state index contributed by atoms with van der Waals surface area (Å²) in [5, 5.41) is 20.7. The summed E-state index contributed by atoms with van der Waals surface area (Å²) in [5.74, 6) is 0.640. The number of benzene rings is 3. The first-order chi connectivity index (χ1) is 26.0. The van der Waals surface area contributed by atoms with Gasteiger partial charge in [0.25, 0.3) is 0 Å². The number of carbonyl (C=O) groups excluding carboxylic acids is 1. The van der Waals surface area contributed by atoms with Crippen molar-refractivity contribution in [2.75, 3.05) is 0 Å². The lowest BCUT2D eigenvalue weighted by Crippen LogP contribution is -2.32. The Hall–Kier alpha value is -3.99. The van der Waals surface area contributed by atoms with Gasteiger partial charge in [0.05, 0.1) is 5.56 Å². The number of hydrogen-bond acceptors (Lipinski definition) is 5. The standard InChI is InChI=1S/C48H64O5/c1-3-5-7-9-11-13-15-17-19-21-23-25-27-37-29-32-43-46(40(37)28-26-24-22-20-18-16-14-12-10-8-6-4-2)47(51)53-48(43)41-33-30-38(49)35-44(41)52-45-36-39(50)31-34-42(45)48/h9-12,29-36,49-50H,3-8,13-28H2,1-2H3. The van der Waals surface area contributed by atoms with Crippen molar-refractivity contribution in [3.05, 3.63) is 106 Å². The molecule has 0 bridgehead atoms. The summed E-state index contributed by atoms with van der Waals surface area (Å²) >= 11 is 0. The topological polar surface area (TPSA) is 76.0 Å². The van der Waals surface area contributed by atoms with Crippen LogP contribution >= 0.6 is 0 Å². The molecule has 2 aliphatic rings. The van der Waals surface area contributed by atoms with Crippen LogP contribution in [0, 0.1) is 0 Å². The highest BCUT2D eigenvalue weighted by Crippen LogP contribution is 2.57. The van der Waals surface area contributed by atoms with Gasteiger partial charge in [0.15, 0.2) is 5.60 Å².